The number of aliphatic hydroxyl groups is 4. The highest BCUT2D eigenvalue weighted by Crippen LogP contribution is 2.00. The maximum Gasteiger partial charge on any atom is 0.0524 e. The van der Waals surface area contributed by atoms with E-state index in [0.29, 0.717) is 0 Å². The summed E-state index contributed by atoms with van der Waals surface area (Å²) in [5.41, 5.74) is 0. The summed E-state index contributed by atoms with van der Waals surface area (Å²) in [6.45, 7) is 17.1. The first kappa shape index (κ1) is 28.0. The van der Waals surface area contributed by atoms with Crippen LogP contribution in [0.3, 0.4) is 0 Å². The highest BCUT2D eigenvalue weighted by Gasteiger charge is 2.06. The van der Waals surface area contributed by atoms with Crippen LogP contribution in [0.2, 0.25) is 0 Å². The number of hydrogen-bond donors (Lipinski definition) is 4. The van der Waals surface area contributed by atoms with Crippen molar-refractivity contribution in [1.82, 2.24) is 9.80 Å². The zero-order valence-corrected chi connectivity index (χ0v) is 18.1. The molecule has 6 heteroatoms. The highest BCUT2D eigenvalue weighted by atomic mass is 16.3. The molecule has 4 unspecified atom stereocenters. The van der Waals surface area contributed by atoms with Crippen LogP contribution in [0.5, 0.6) is 0 Å². The average Bonchev–Trinajstić information content (AvgIpc) is 2.55. The van der Waals surface area contributed by atoms with Gasteiger partial charge < -0.3 is 30.2 Å². The number of nitrogens with zero attached hydrogens (tertiary/aromatic N) is 2. The number of rotatable bonds is 14. The summed E-state index contributed by atoms with van der Waals surface area (Å²) in [5, 5.41) is 36.4. The van der Waals surface area contributed by atoms with Crippen molar-refractivity contribution < 1.29 is 20.4 Å². The predicted octanol–water partition coefficient (Wildman–Crippen LogP) is 1.70. The molecule has 0 aromatic rings. The number of hydrogen-bond acceptors (Lipinski definition) is 6. The molecule has 4 atom stereocenters. The van der Waals surface area contributed by atoms with Crippen molar-refractivity contribution in [3.8, 4) is 0 Å². The molecule has 0 radical (unpaired) electrons. The predicted molar refractivity (Wildman–Crippen MR) is 109 cm³/mol. The zero-order valence-electron chi connectivity index (χ0n) is 18.1. The second-order valence-corrected chi connectivity index (χ2v) is 7.42. The van der Waals surface area contributed by atoms with E-state index in [1.807, 2.05) is 27.7 Å². The molecular weight excluding hydrogens is 332 g/mol. The molecule has 26 heavy (non-hydrogen) atoms. The standard InChI is InChI=1S/2C10H23NO2/c2*1-4-11(7-5-9(2)12)8-6-10(3)13/h2*9-10,12-13H,4-8H2,1-3H3. The first-order chi connectivity index (χ1) is 12.1. The SMILES string of the molecule is CCN(CCC(C)O)CCC(C)O.CCN(CCC(C)O)CCC(C)O. The fraction of sp³-hybridized carbons (Fsp3) is 1.00. The second kappa shape index (κ2) is 18.1. The van der Waals surface area contributed by atoms with Crippen LogP contribution in [0.4, 0.5) is 0 Å². The third-order valence-electron chi connectivity index (χ3n) is 4.35. The fourth-order valence-corrected chi connectivity index (χ4v) is 2.33. The van der Waals surface area contributed by atoms with E-state index in [4.69, 9.17) is 20.4 Å². The molecule has 0 heterocycles. The third-order valence-corrected chi connectivity index (χ3v) is 4.35. The molecule has 160 valence electrons. The molecule has 0 saturated heterocycles. The van der Waals surface area contributed by atoms with Gasteiger partial charge in [-0.15, -0.1) is 0 Å². The Kier molecular flexibility index (Phi) is 19.5. The lowest BCUT2D eigenvalue weighted by molar-refractivity contribution is 0.136. The Balaban J connectivity index is 0. The molecule has 4 N–H and O–H groups in total. The van der Waals surface area contributed by atoms with Crippen LogP contribution < -0.4 is 0 Å². The first-order valence-electron chi connectivity index (χ1n) is 10.3. The summed E-state index contributed by atoms with van der Waals surface area (Å²) in [4.78, 5) is 4.50. The summed E-state index contributed by atoms with van der Waals surface area (Å²) in [5.74, 6) is 0. The van der Waals surface area contributed by atoms with Crippen molar-refractivity contribution in [2.75, 3.05) is 39.3 Å². The van der Waals surface area contributed by atoms with Gasteiger partial charge >= 0.3 is 0 Å². The molecule has 0 fully saturated rings. The van der Waals surface area contributed by atoms with Gasteiger partial charge in [0, 0.05) is 26.2 Å². The van der Waals surface area contributed by atoms with E-state index in [0.717, 1.165) is 65.0 Å². The van der Waals surface area contributed by atoms with E-state index < -0.39 is 0 Å². The van der Waals surface area contributed by atoms with Gasteiger partial charge in [0.15, 0.2) is 0 Å². The quantitative estimate of drug-likeness (QED) is 0.368. The molecule has 0 aliphatic rings. The Labute approximate surface area is 161 Å². The van der Waals surface area contributed by atoms with E-state index in [1.54, 1.807) is 0 Å². The third kappa shape index (κ3) is 21.8. The van der Waals surface area contributed by atoms with E-state index in [2.05, 4.69) is 23.6 Å². The topological polar surface area (TPSA) is 87.4 Å². The highest BCUT2D eigenvalue weighted by molar-refractivity contribution is 4.61. The summed E-state index contributed by atoms with van der Waals surface area (Å²) in [7, 11) is 0. The molecule has 0 spiro atoms. The molecule has 0 rings (SSSR count). The Morgan fingerprint density at radius 2 is 0.692 bits per heavy atom. The molecular formula is C20H46N2O4. The smallest absolute Gasteiger partial charge is 0.0524 e. The van der Waals surface area contributed by atoms with Gasteiger partial charge in [0.2, 0.25) is 0 Å². The minimum absolute atomic E-state index is 0.222. The maximum absolute atomic E-state index is 9.10. The lowest BCUT2D eigenvalue weighted by Gasteiger charge is -2.21. The molecule has 0 aromatic heterocycles. The van der Waals surface area contributed by atoms with Crippen molar-refractivity contribution in [3.05, 3.63) is 0 Å². The van der Waals surface area contributed by atoms with Gasteiger partial charge in [-0.2, -0.15) is 0 Å². The van der Waals surface area contributed by atoms with Crippen molar-refractivity contribution in [3.63, 3.8) is 0 Å². The van der Waals surface area contributed by atoms with Crippen LogP contribution in [-0.2, 0) is 0 Å². The Morgan fingerprint density at radius 1 is 0.500 bits per heavy atom. The second-order valence-electron chi connectivity index (χ2n) is 7.42. The Morgan fingerprint density at radius 3 is 0.808 bits per heavy atom. The van der Waals surface area contributed by atoms with E-state index >= 15 is 0 Å². The normalized spacial score (nSPS) is 16.2. The van der Waals surface area contributed by atoms with Crippen LogP contribution in [0.25, 0.3) is 0 Å². The van der Waals surface area contributed by atoms with Crippen molar-refractivity contribution in [1.29, 1.82) is 0 Å². The van der Waals surface area contributed by atoms with Crippen LogP contribution in [0.15, 0.2) is 0 Å². The van der Waals surface area contributed by atoms with Crippen LogP contribution in [0.1, 0.15) is 67.2 Å². The van der Waals surface area contributed by atoms with Gasteiger partial charge in [0.1, 0.15) is 0 Å². The molecule has 6 nitrogen and oxygen atoms in total. The minimum Gasteiger partial charge on any atom is -0.393 e. The fourth-order valence-electron chi connectivity index (χ4n) is 2.33. The Hall–Kier alpha value is -0.240. The molecule has 0 amide bonds. The monoisotopic (exact) mass is 378 g/mol. The van der Waals surface area contributed by atoms with Gasteiger partial charge in [0.25, 0.3) is 0 Å². The summed E-state index contributed by atoms with van der Waals surface area (Å²) in [6.07, 6.45) is 2.37. The van der Waals surface area contributed by atoms with Gasteiger partial charge in [-0.3, -0.25) is 0 Å². The van der Waals surface area contributed by atoms with Crippen molar-refractivity contribution in [2.24, 2.45) is 0 Å². The molecule has 0 bridgehead atoms. The molecule has 0 aromatic carbocycles. The van der Waals surface area contributed by atoms with Gasteiger partial charge in [-0.1, -0.05) is 13.8 Å². The first-order valence-corrected chi connectivity index (χ1v) is 10.3. The van der Waals surface area contributed by atoms with E-state index in [9.17, 15) is 0 Å². The largest absolute Gasteiger partial charge is 0.393 e. The summed E-state index contributed by atoms with van der Waals surface area (Å²) < 4.78 is 0. The van der Waals surface area contributed by atoms with Gasteiger partial charge in [0.05, 0.1) is 24.4 Å². The zero-order chi connectivity index (χ0) is 20.5. The van der Waals surface area contributed by atoms with E-state index in [1.165, 1.54) is 0 Å². The maximum atomic E-state index is 9.10. The van der Waals surface area contributed by atoms with Crippen LogP contribution in [-0.4, -0.2) is 93.9 Å². The average molecular weight is 379 g/mol. The van der Waals surface area contributed by atoms with Gasteiger partial charge in [-0.25, -0.2) is 0 Å². The summed E-state index contributed by atoms with van der Waals surface area (Å²) >= 11 is 0. The Bertz CT molecular complexity index is 235. The molecule has 0 saturated carbocycles. The van der Waals surface area contributed by atoms with Gasteiger partial charge in [-0.05, 0) is 66.5 Å². The molecule has 0 aliphatic heterocycles. The lowest BCUT2D eigenvalue weighted by atomic mass is 10.2. The van der Waals surface area contributed by atoms with E-state index in [-0.39, 0.29) is 24.4 Å². The van der Waals surface area contributed by atoms with Crippen LogP contribution in [0, 0.1) is 0 Å². The van der Waals surface area contributed by atoms with Crippen LogP contribution >= 0.6 is 0 Å². The number of aliphatic hydroxyl groups excluding tert-OH is 4. The lowest BCUT2D eigenvalue weighted by Crippen LogP contribution is -2.29. The van der Waals surface area contributed by atoms with Crippen molar-refractivity contribution in [2.45, 2.75) is 91.6 Å². The minimum atomic E-state index is -0.222. The molecule has 0 aliphatic carbocycles. The summed E-state index contributed by atoms with van der Waals surface area (Å²) in [6, 6.07) is 0. The van der Waals surface area contributed by atoms with Crippen molar-refractivity contribution >= 4 is 0 Å².